The lowest BCUT2D eigenvalue weighted by Crippen LogP contribution is -2.30. The van der Waals surface area contributed by atoms with Gasteiger partial charge in [-0.25, -0.2) is 4.68 Å². The molecule has 0 fully saturated rings. The van der Waals surface area contributed by atoms with Crippen molar-refractivity contribution < 1.29 is 4.74 Å². The predicted octanol–water partition coefficient (Wildman–Crippen LogP) is -0.212. The SMILES string of the molecule is COCCNCCn1nc(C)ccc1=O. The van der Waals surface area contributed by atoms with Crippen LogP contribution in [0.25, 0.3) is 0 Å². The molecule has 0 amide bonds. The van der Waals surface area contributed by atoms with E-state index in [4.69, 9.17) is 4.74 Å². The third kappa shape index (κ3) is 4.22. The number of methoxy groups -OCH3 is 1. The van der Waals surface area contributed by atoms with Crippen LogP contribution in [-0.4, -0.2) is 36.6 Å². The predicted molar refractivity (Wildman–Crippen MR) is 58.0 cm³/mol. The molecule has 0 saturated heterocycles. The monoisotopic (exact) mass is 211 g/mol. The molecular weight excluding hydrogens is 194 g/mol. The molecule has 0 saturated carbocycles. The van der Waals surface area contributed by atoms with E-state index in [2.05, 4.69) is 10.4 Å². The lowest BCUT2D eigenvalue weighted by molar-refractivity contribution is 0.199. The summed E-state index contributed by atoms with van der Waals surface area (Å²) in [5.41, 5.74) is 0.792. The quantitative estimate of drug-likeness (QED) is 0.661. The highest BCUT2D eigenvalue weighted by Crippen LogP contribution is 1.84. The highest BCUT2D eigenvalue weighted by molar-refractivity contribution is 4.96. The highest BCUT2D eigenvalue weighted by atomic mass is 16.5. The Labute approximate surface area is 89.1 Å². The number of hydrogen-bond donors (Lipinski definition) is 1. The van der Waals surface area contributed by atoms with Gasteiger partial charge < -0.3 is 10.1 Å². The molecular formula is C10H17N3O2. The van der Waals surface area contributed by atoms with Crippen molar-refractivity contribution in [2.24, 2.45) is 0 Å². The van der Waals surface area contributed by atoms with E-state index in [9.17, 15) is 4.79 Å². The molecule has 0 radical (unpaired) electrons. The van der Waals surface area contributed by atoms with Crippen LogP contribution in [0, 0.1) is 6.92 Å². The number of hydrogen-bond acceptors (Lipinski definition) is 4. The summed E-state index contributed by atoms with van der Waals surface area (Å²) in [5, 5.41) is 7.28. The van der Waals surface area contributed by atoms with Gasteiger partial charge >= 0.3 is 0 Å². The number of nitrogens with one attached hydrogen (secondary N) is 1. The first-order chi connectivity index (χ1) is 7.24. The summed E-state index contributed by atoms with van der Waals surface area (Å²) in [6, 6.07) is 3.26. The zero-order valence-corrected chi connectivity index (χ0v) is 9.19. The van der Waals surface area contributed by atoms with E-state index >= 15 is 0 Å². The highest BCUT2D eigenvalue weighted by Gasteiger charge is 1.96. The fourth-order valence-corrected chi connectivity index (χ4v) is 1.20. The number of nitrogens with zero attached hydrogens (tertiary/aromatic N) is 2. The Bertz CT molecular complexity index is 349. The van der Waals surface area contributed by atoms with Crippen LogP contribution in [0.15, 0.2) is 16.9 Å². The van der Waals surface area contributed by atoms with Gasteiger partial charge in [-0.3, -0.25) is 4.79 Å². The molecule has 0 aliphatic heterocycles. The van der Waals surface area contributed by atoms with Gasteiger partial charge in [0.15, 0.2) is 0 Å². The Morgan fingerprint density at radius 3 is 3.00 bits per heavy atom. The molecule has 1 N–H and O–H groups in total. The zero-order valence-electron chi connectivity index (χ0n) is 9.19. The first-order valence-corrected chi connectivity index (χ1v) is 4.98. The average molecular weight is 211 g/mol. The van der Waals surface area contributed by atoms with Crippen LogP contribution in [0.2, 0.25) is 0 Å². The maximum absolute atomic E-state index is 11.3. The number of aromatic nitrogens is 2. The van der Waals surface area contributed by atoms with E-state index in [1.807, 2.05) is 6.92 Å². The van der Waals surface area contributed by atoms with Gasteiger partial charge in [0.2, 0.25) is 0 Å². The summed E-state index contributed by atoms with van der Waals surface area (Å²) in [5.74, 6) is 0. The molecule has 84 valence electrons. The van der Waals surface area contributed by atoms with E-state index in [1.165, 1.54) is 10.7 Å². The number of aryl methyl sites for hydroxylation is 1. The van der Waals surface area contributed by atoms with E-state index in [-0.39, 0.29) is 5.56 Å². The Morgan fingerprint density at radius 1 is 1.47 bits per heavy atom. The molecule has 1 rings (SSSR count). The van der Waals surface area contributed by atoms with Crippen LogP contribution in [0.5, 0.6) is 0 Å². The van der Waals surface area contributed by atoms with Gasteiger partial charge in [-0.1, -0.05) is 0 Å². The lowest BCUT2D eigenvalue weighted by atomic mass is 10.4. The maximum atomic E-state index is 11.3. The standard InChI is InChI=1S/C10H17N3O2/c1-9-3-4-10(14)13(12-9)7-5-11-6-8-15-2/h3-4,11H,5-8H2,1-2H3. The Kier molecular flexibility index (Phi) is 5.00. The molecule has 0 unspecified atom stereocenters. The molecule has 0 atom stereocenters. The minimum atomic E-state index is -0.0610. The zero-order chi connectivity index (χ0) is 11.1. The van der Waals surface area contributed by atoms with Gasteiger partial charge in [0, 0.05) is 26.3 Å². The van der Waals surface area contributed by atoms with Gasteiger partial charge in [0.1, 0.15) is 0 Å². The second kappa shape index (κ2) is 6.31. The van der Waals surface area contributed by atoms with Crippen LogP contribution in [0.3, 0.4) is 0 Å². The molecule has 0 bridgehead atoms. The Morgan fingerprint density at radius 2 is 2.27 bits per heavy atom. The third-order valence-corrected chi connectivity index (χ3v) is 1.98. The number of rotatable bonds is 6. The van der Waals surface area contributed by atoms with E-state index < -0.39 is 0 Å². The van der Waals surface area contributed by atoms with E-state index in [0.717, 1.165) is 18.8 Å². The Balaban J connectivity index is 2.37. The third-order valence-electron chi connectivity index (χ3n) is 1.98. The minimum Gasteiger partial charge on any atom is -0.383 e. The van der Waals surface area contributed by atoms with Crippen LogP contribution in [0.4, 0.5) is 0 Å². The normalized spacial score (nSPS) is 10.5. The van der Waals surface area contributed by atoms with Crippen LogP contribution in [-0.2, 0) is 11.3 Å². The van der Waals surface area contributed by atoms with Crippen molar-refractivity contribution >= 4 is 0 Å². The second-order valence-corrected chi connectivity index (χ2v) is 3.28. The van der Waals surface area contributed by atoms with Gasteiger partial charge in [-0.15, -0.1) is 0 Å². The molecule has 1 aromatic rings. The van der Waals surface area contributed by atoms with E-state index in [1.54, 1.807) is 13.2 Å². The second-order valence-electron chi connectivity index (χ2n) is 3.28. The van der Waals surface area contributed by atoms with Crippen molar-refractivity contribution in [1.29, 1.82) is 0 Å². The fourth-order valence-electron chi connectivity index (χ4n) is 1.20. The van der Waals surface area contributed by atoms with Crippen molar-refractivity contribution in [2.45, 2.75) is 13.5 Å². The lowest BCUT2D eigenvalue weighted by Gasteiger charge is -2.06. The molecule has 5 nitrogen and oxygen atoms in total. The Hall–Kier alpha value is -1.20. The van der Waals surface area contributed by atoms with Crippen LogP contribution >= 0.6 is 0 Å². The summed E-state index contributed by atoms with van der Waals surface area (Å²) in [4.78, 5) is 11.3. The minimum absolute atomic E-state index is 0.0610. The molecule has 0 spiro atoms. The summed E-state index contributed by atoms with van der Waals surface area (Å²) in [6.07, 6.45) is 0. The number of ether oxygens (including phenoxy) is 1. The van der Waals surface area contributed by atoms with Crippen LogP contribution in [0.1, 0.15) is 5.69 Å². The summed E-state index contributed by atoms with van der Waals surface area (Å²) < 4.78 is 6.36. The van der Waals surface area contributed by atoms with Crippen LogP contribution < -0.4 is 10.9 Å². The molecule has 1 heterocycles. The molecule has 0 aromatic carbocycles. The largest absolute Gasteiger partial charge is 0.383 e. The smallest absolute Gasteiger partial charge is 0.266 e. The van der Waals surface area contributed by atoms with Crippen molar-refractivity contribution in [3.8, 4) is 0 Å². The van der Waals surface area contributed by atoms with Crippen molar-refractivity contribution in [3.05, 3.63) is 28.2 Å². The van der Waals surface area contributed by atoms with Gasteiger partial charge in [-0.2, -0.15) is 5.10 Å². The molecule has 5 heteroatoms. The van der Waals surface area contributed by atoms with Gasteiger partial charge in [-0.05, 0) is 13.0 Å². The average Bonchev–Trinajstić information content (AvgIpc) is 2.23. The maximum Gasteiger partial charge on any atom is 0.266 e. The summed E-state index contributed by atoms with van der Waals surface area (Å²) in [7, 11) is 1.66. The van der Waals surface area contributed by atoms with Crippen molar-refractivity contribution in [1.82, 2.24) is 15.1 Å². The van der Waals surface area contributed by atoms with Crippen molar-refractivity contribution in [3.63, 3.8) is 0 Å². The molecule has 15 heavy (non-hydrogen) atoms. The molecule has 0 aliphatic carbocycles. The summed E-state index contributed by atoms with van der Waals surface area (Å²) in [6.45, 7) is 4.64. The van der Waals surface area contributed by atoms with E-state index in [0.29, 0.717) is 13.2 Å². The first-order valence-electron chi connectivity index (χ1n) is 4.98. The van der Waals surface area contributed by atoms with Crippen molar-refractivity contribution in [2.75, 3.05) is 26.8 Å². The van der Waals surface area contributed by atoms with Gasteiger partial charge in [0.05, 0.1) is 18.8 Å². The molecule has 0 aliphatic rings. The molecule has 1 aromatic heterocycles. The van der Waals surface area contributed by atoms with Gasteiger partial charge in [0.25, 0.3) is 5.56 Å². The topological polar surface area (TPSA) is 56.1 Å². The summed E-state index contributed by atoms with van der Waals surface area (Å²) >= 11 is 0. The fraction of sp³-hybridized carbons (Fsp3) is 0.600. The first kappa shape index (κ1) is 11.9.